The summed E-state index contributed by atoms with van der Waals surface area (Å²) in [6, 6.07) is 0.971. The molecule has 0 atom stereocenters. The van der Waals surface area contributed by atoms with Crippen LogP contribution in [0.3, 0.4) is 0 Å². The van der Waals surface area contributed by atoms with Crippen LogP contribution in [0.4, 0.5) is 26.3 Å². The first kappa shape index (κ1) is 17.7. The molecule has 2 N–H and O–H groups in total. The average molecular weight is 324 g/mol. The highest BCUT2D eigenvalue weighted by molar-refractivity contribution is 6.15. The lowest BCUT2D eigenvalue weighted by atomic mass is 10.0. The van der Waals surface area contributed by atoms with Crippen molar-refractivity contribution in [1.29, 1.82) is 0 Å². The molecule has 0 bridgehead atoms. The molecule has 0 spiro atoms. The standard InChI is InChI=1S/C13H10F6N2O/c1-21-6-8(11(20)22)2-7-3-9(12(14,15)16)5-10(4-7)13(17,18)19/h2-6H,1H3,(H2,20,22)/b8-2+,21-6?. The number of halogens is 6. The number of aliphatic imine (C=N–C) groups is 1. The Morgan fingerprint density at radius 3 is 1.82 bits per heavy atom. The van der Waals surface area contributed by atoms with Crippen molar-refractivity contribution in [1.82, 2.24) is 0 Å². The van der Waals surface area contributed by atoms with Crippen LogP contribution in [0, 0.1) is 0 Å². The molecule has 0 aromatic heterocycles. The zero-order valence-electron chi connectivity index (χ0n) is 11.1. The quantitative estimate of drug-likeness (QED) is 0.518. The Balaban J connectivity index is 3.54. The van der Waals surface area contributed by atoms with Crippen molar-refractivity contribution in [2.45, 2.75) is 12.4 Å². The number of alkyl halides is 6. The topological polar surface area (TPSA) is 55.4 Å². The largest absolute Gasteiger partial charge is 0.416 e. The van der Waals surface area contributed by atoms with Gasteiger partial charge in [0.25, 0.3) is 0 Å². The van der Waals surface area contributed by atoms with E-state index in [-0.39, 0.29) is 11.6 Å². The number of carbonyl (C=O) groups excluding carboxylic acids is 1. The first-order valence-corrected chi connectivity index (χ1v) is 5.68. The maximum absolute atomic E-state index is 12.7. The monoisotopic (exact) mass is 324 g/mol. The van der Waals surface area contributed by atoms with Gasteiger partial charge in [0.05, 0.1) is 16.7 Å². The second-order valence-corrected chi connectivity index (χ2v) is 4.19. The first-order chi connectivity index (χ1) is 9.95. The fourth-order valence-corrected chi connectivity index (χ4v) is 1.55. The second-order valence-electron chi connectivity index (χ2n) is 4.19. The Kier molecular flexibility index (Phi) is 5.00. The van der Waals surface area contributed by atoms with E-state index in [0.29, 0.717) is 12.1 Å². The maximum Gasteiger partial charge on any atom is 0.416 e. The van der Waals surface area contributed by atoms with E-state index >= 15 is 0 Å². The normalized spacial score (nSPS) is 13.7. The van der Waals surface area contributed by atoms with Gasteiger partial charge in [-0.1, -0.05) is 0 Å². The lowest BCUT2D eigenvalue weighted by Gasteiger charge is -2.13. The summed E-state index contributed by atoms with van der Waals surface area (Å²) in [5.74, 6) is -1.03. The molecule has 3 nitrogen and oxygen atoms in total. The summed E-state index contributed by atoms with van der Waals surface area (Å²) in [7, 11) is 1.27. The molecule has 1 aromatic rings. The summed E-state index contributed by atoms with van der Waals surface area (Å²) in [6.45, 7) is 0. The fraction of sp³-hybridized carbons (Fsp3) is 0.231. The van der Waals surface area contributed by atoms with Crippen molar-refractivity contribution in [2.75, 3.05) is 7.05 Å². The number of amides is 1. The van der Waals surface area contributed by atoms with Gasteiger partial charge in [-0.05, 0) is 29.8 Å². The molecule has 0 aliphatic heterocycles. The molecule has 1 aromatic carbocycles. The van der Waals surface area contributed by atoms with E-state index in [0.717, 1.165) is 12.3 Å². The van der Waals surface area contributed by atoms with Gasteiger partial charge < -0.3 is 5.73 Å². The van der Waals surface area contributed by atoms with Crippen molar-refractivity contribution in [2.24, 2.45) is 10.7 Å². The van der Waals surface area contributed by atoms with Crippen molar-refractivity contribution in [3.63, 3.8) is 0 Å². The van der Waals surface area contributed by atoms with E-state index in [1.807, 2.05) is 0 Å². The molecule has 0 aliphatic rings. The lowest BCUT2D eigenvalue weighted by Crippen LogP contribution is -2.15. The molecule has 0 saturated heterocycles. The smallest absolute Gasteiger partial charge is 0.366 e. The zero-order chi connectivity index (χ0) is 17.1. The molecule has 0 heterocycles. The van der Waals surface area contributed by atoms with Crippen LogP contribution in [0.15, 0.2) is 28.8 Å². The number of rotatable bonds is 3. The van der Waals surface area contributed by atoms with Gasteiger partial charge >= 0.3 is 12.4 Å². The lowest BCUT2D eigenvalue weighted by molar-refractivity contribution is -0.143. The summed E-state index contributed by atoms with van der Waals surface area (Å²) in [6.07, 6.45) is -8.18. The number of carbonyl (C=O) groups is 1. The summed E-state index contributed by atoms with van der Waals surface area (Å²) in [4.78, 5) is 14.5. The molecule has 0 saturated carbocycles. The molecule has 0 aliphatic carbocycles. The van der Waals surface area contributed by atoms with E-state index in [1.54, 1.807) is 0 Å². The first-order valence-electron chi connectivity index (χ1n) is 5.68. The number of hydrogen-bond donors (Lipinski definition) is 1. The predicted octanol–water partition coefficient (Wildman–Crippen LogP) is 3.29. The van der Waals surface area contributed by atoms with E-state index in [2.05, 4.69) is 4.99 Å². The van der Waals surface area contributed by atoms with Gasteiger partial charge in [0.1, 0.15) is 0 Å². The minimum Gasteiger partial charge on any atom is -0.366 e. The van der Waals surface area contributed by atoms with Crippen LogP contribution >= 0.6 is 0 Å². The molecule has 1 rings (SSSR count). The van der Waals surface area contributed by atoms with Gasteiger partial charge in [0.15, 0.2) is 0 Å². The summed E-state index contributed by atoms with van der Waals surface area (Å²) in [5.41, 5.74) is 1.23. The fourth-order valence-electron chi connectivity index (χ4n) is 1.55. The van der Waals surface area contributed by atoms with Gasteiger partial charge in [-0.15, -0.1) is 0 Å². The van der Waals surface area contributed by atoms with Crippen LogP contribution in [0.1, 0.15) is 16.7 Å². The second kappa shape index (κ2) is 6.20. The molecule has 9 heteroatoms. The summed E-state index contributed by atoms with van der Waals surface area (Å²) >= 11 is 0. The molecule has 0 fully saturated rings. The SMILES string of the molecule is CN=C/C(=C\c1cc(C(F)(F)F)cc(C(F)(F)F)c1)C(N)=O. The Hall–Kier alpha value is -2.32. The van der Waals surface area contributed by atoms with Gasteiger partial charge in [-0.25, -0.2) is 0 Å². The number of primary amides is 1. The van der Waals surface area contributed by atoms with Gasteiger partial charge in [-0.3, -0.25) is 9.79 Å². The van der Waals surface area contributed by atoms with E-state index in [9.17, 15) is 31.1 Å². The Morgan fingerprint density at radius 1 is 1.05 bits per heavy atom. The number of nitrogens with two attached hydrogens (primary N) is 1. The highest BCUT2D eigenvalue weighted by Gasteiger charge is 2.36. The highest BCUT2D eigenvalue weighted by Crippen LogP contribution is 2.36. The molecular formula is C13H10F6N2O. The number of nitrogens with zero attached hydrogens (tertiary/aromatic N) is 1. The Bertz CT molecular complexity index is 596. The average Bonchev–Trinajstić information content (AvgIpc) is 2.35. The van der Waals surface area contributed by atoms with Crippen molar-refractivity contribution in [3.8, 4) is 0 Å². The van der Waals surface area contributed by atoms with Crippen LogP contribution in [-0.2, 0) is 17.1 Å². The van der Waals surface area contributed by atoms with E-state index < -0.39 is 35.0 Å². The predicted molar refractivity (Wildman–Crippen MR) is 68.0 cm³/mol. The van der Waals surface area contributed by atoms with Gasteiger partial charge in [0, 0.05) is 13.3 Å². The van der Waals surface area contributed by atoms with E-state index in [4.69, 9.17) is 5.73 Å². The zero-order valence-corrected chi connectivity index (χ0v) is 11.1. The summed E-state index contributed by atoms with van der Waals surface area (Å²) in [5, 5.41) is 0. The third kappa shape index (κ3) is 4.61. The summed E-state index contributed by atoms with van der Waals surface area (Å²) < 4.78 is 76.0. The minimum atomic E-state index is -4.96. The van der Waals surface area contributed by atoms with Crippen LogP contribution in [0.2, 0.25) is 0 Å². The molecular weight excluding hydrogens is 314 g/mol. The van der Waals surface area contributed by atoms with Gasteiger partial charge in [-0.2, -0.15) is 26.3 Å². The minimum absolute atomic E-state index is 0.00477. The number of hydrogen-bond acceptors (Lipinski definition) is 2. The van der Waals surface area contributed by atoms with Crippen LogP contribution < -0.4 is 5.73 Å². The van der Waals surface area contributed by atoms with Crippen molar-refractivity contribution >= 4 is 18.2 Å². The van der Waals surface area contributed by atoms with Crippen LogP contribution in [0.5, 0.6) is 0 Å². The van der Waals surface area contributed by atoms with Crippen LogP contribution in [-0.4, -0.2) is 19.2 Å². The third-order valence-electron chi connectivity index (χ3n) is 2.48. The third-order valence-corrected chi connectivity index (χ3v) is 2.48. The maximum atomic E-state index is 12.7. The van der Waals surface area contributed by atoms with Crippen LogP contribution in [0.25, 0.3) is 6.08 Å². The molecule has 0 unspecified atom stereocenters. The van der Waals surface area contributed by atoms with Gasteiger partial charge in [0.2, 0.25) is 5.91 Å². The van der Waals surface area contributed by atoms with E-state index in [1.165, 1.54) is 7.05 Å². The highest BCUT2D eigenvalue weighted by atomic mass is 19.4. The Labute approximate surface area is 121 Å². The van der Waals surface area contributed by atoms with Crippen molar-refractivity contribution in [3.05, 3.63) is 40.5 Å². The Morgan fingerprint density at radius 2 is 1.50 bits per heavy atom. The number of benzene rings is 1. The van der Waals surface area contributed by atoms with Crippen molar-refractivity contribution < 1.29 is 31.1 Å². The molecule has 1 amide bonds. The molecule has 22 heavy (non-hydrogen) atoms. The molecule has 0 radical (unpaired) electrons. The molecule has 120 valence electrons.